The number of hydrogen-bond donors (Lipinski definition) is 0. The molecule has 2 aromatic carbocycles. The average Bonchev–Trinajstić information content (AvgIpc) is 2.79. The van der Waals surface area contributed by atoms with Gasteiger partial charge in [-0.25, -0.2) is 0 Å². The van der Waals surface area contributed by atoms with Gasteiger partial charge >= 0.3 is 0 Å². The third-order valence-electron chi connectivity index (χ3n) is 6.85. The summed E-state index contributed by atoms with van der Waals surface area (Å²) >= 11 is 0. The quantitative estimate of drug-likeness (QED) is 0.464. The molecule has 0 N–H and O–H groups in total. The minimum Gasteiger partial charge on any atom is -0.0909 e. The van der Waals surface area contributed by atoms with Gasteiger partial charge in [0.15, 0.2) is 0 Å². The summed E-state index contributed by atoms with van der Waals surface area (Å²) in [4.78, 5) is 0. The molecule has 0 aliphatic heterocycles. The van der Waals surface area contributed by atoms with E-state index in [0.717, 1.165) is 0 Å². The van der Waals surface area contributed by atoms with Gasteiger partial charge < -0.3 is 0 Å². The third-order valence-corrected chi connectivity index (χ3v) is 6.85. The third kappa shape index (κ3) is 4.32. The van der Waals surface area contributed by atoms with Crippen molar-refractivity contribution < 1.29 is 0 Å². The van der Waals surface area contributed by atoms with Crippen LogP contribution in [0.4, 0.5) is 0 Å². The van der Waals surface area contributed by atoms with E-state index in [4.69, 9.17) is 0 Å². The minimum absolute atomic E-state index is 0.665. The highest BCUT2D eigenvalue weighted by Crippen LogP contribution is 2.46. The van der Waals surface area contributed by atoms with Gasteiger partial charge in [0.2, 0.25) is 0 Å². The summed E-state index contributed by atoms with van der Waals surface area (Å²) in [6.07, 6.45) is 13.6. The zero-order chi connectivity index (χ0) is 19.2. The van der Waals surface area contributed by atoms with Crippen molar-refractivity contribution in [2.45, 2.75) is 64.2 Å². The first-order valence-corrected chi connectivity index (χ1v) is 11.4. The lowest BCUT2D eigenvalue weighted by molar-refractivity contribution is 0.399. The summed E-state index contributed by atoms with van der Waals surface area (Å²) < 4.78 is 0. The Morgan fingerprint density at radius 3 is 1.57 bits per heavy atom. The predicted octanol–water partition coefficient (Wildman–Crippen LogP) is 8.31. The van der Waals surface area contributed by atoms with Crippen LogP contribution in [0.25, 0.3) is 11.1 Å². The molecule has 2 aliphatic rings. The van der Waals surface area contributed by atoms with E-state index in [0.29, 0.717) is 11.8 Å². The lowest BCUT2D eigenvalue weighted by atomic mass is 9.71. The fraction of sp³-hybridized carbons (Fsp3) is 0.429. The van der Waals surface area contributed by atoms with Gasteiger partial charge in [-0.3, -0.25) is 0 Å². The van der Waals surface area contributed by atoms with Crippen LogP contribution in [-0.4, -0.2) is 0 Å². The van der Waals surface area contributed by atoms with Crippen LogP contribution in [0.5, 0.6) is 0 Å². The second-order valence-electron chi connectivity index (χ2n) is 8.71. The van der Waals surface area contributed by atoms with Gasteiger partial charge in [-0.1, -0.05) is 106 Å². The highest BCUT2D eigenvalue weighted by Gasteiger charge is 2.29. The van der Waals surface area contributed by atoms with Crippen LogP contribution in [-0.2, 0) is 0 Å². The zero-order valence-electron chi connectivity index (χ0n) is 17.2. The van der Waals surface area contributed by atoms with E-state index in [1.165, 1.54) is 80.9 Å². The molecule has 4 rings (SSSR count). The van der Waals surface area contributed by atoms with E-state index in [1.54, 1.807) is 11.1 Å². The van der Waals surface area contributed by atoms with E-state index in [9.17, 15) is 0 Å². The second-order valence-corrected chi connectivity index (χ2v) is 8.71. The van der Waals surface area contributed by atoms with E-state index < -0.39 is 0 Å². The van der Waals surface area contributed by atoms with Crippen molar-refractivity contribution in [2.75, 3.05) is 0 Å². The Bertz CT molecular complexity index is 784. The molecule has 0 nitrogen and oxygen atoms in total. The summed E-state index contributed by atoms with van der Waals surface area (Å²) in [6, 6.07) is 22.2. The molecule has 0 spiro atoms. The molecule has 0 bridgehead atoms. The molecule has 146 valence electrons. The topological polar surface area (TPSA) is 0 Å². The van der Waals surface area contributed by atoms with Crippen molar-refractivity contribution in [3.8, 4) is 0 Å². The highest BCUT2D eigenvalue weighted by atomic mass is 14.3. The molecule has 0 unspecified atom stereocenters. The van der Waals surface area contributed by atoms with E-state index in [-0.39, 0.29) is 0 Å². The van der Waals surface area contributed by atoms with Gasteiger partial charge in [0.05, 0.1) is 0 Å². The Hall–Kier alpha value is -2.08. The molecular weight excluding hydrogens is 336 g/mol. The summed E-state index contributed by atoms with van der Waals surface area (Å²) in [7, 11) is 0. The monoisotopic (exact) mass is 370 g/mol. The van der Waals surface area contributed by atoms with Crippen molar-refractivity contribution in [2.24, 2.45) is 11.8 Å². The Balaban J connectivity index is 1.87. The fourth-order valence-electron chi connectivity index (χ4n) is 5.44. The smallest absolute Gasteiger partial charge is 0.0153 e. The minimum atomic E-state index is 0.665. The van der Waals surface area contributed by atoms with Crippen molar-refractivity contribution in [3.05, 3.63) is 83.9 Å². The van der Waals surface area contributed by atoms with Crippen LogP contribution < -0.4 is 0 Å². The van der Waals surface area contributed by atoms with Crippen LogP contribution >= 0.6 is 0 Å². The molecule has 0 aromatic heterocycles. The maximum absolute atomic E-state index is 4.68. The SMILES string of the molecule is C=C(/C(=C(\c1ccccc1)C1CCCCC1)C1CCCCC1)c1ccccc1. The molecule has 2 saturated carbocycles. The van der Waals surface area contributed by atoms with E-state index >= 15 is 0 Å². The number of allylic oxidation sites excluding steroid dienone is 3. The average molecular weight is 371 g/mol. The summed E-state index contributed by atoms with van der Waals surface area (Å²) in [5, 5.41) is 0. The van der Waals surface area contributed by atoms with Crippen LogP contribution in [0, 0.1) is 11.8 Å². The Labute approximate surface area is 171 Å². The summed E-state index contributed by atoms with van der Waals surface area (Å²) in [5.74, 6) is 1.35. The molecule has 2 aromatic rings. The predicted molar refractivity (Wildman–Crippen MR) is 122 cm³/mol. The maximum atomic E-state index is 4.68. The molecule has 28 heavy (non-hydrogen) atoms. The number of rotatable bonds is 5. The van der Waals surface area contributed by atoms with E-state index in [1.807, 2.05) is 0 Å². The lowest BCUT2D eigenvalue weighted by Gasteiger charge is -2.34. The van der Waals surface area contributed by atoms with Crippen molar-refractivity contribution in [1.82, 2.24) is 0 Å². The van der Waals surface area contributed by atoms with Gasteiger partial charge in [0.1, 0.15) is 0 Å². The van der Waals surface area contributed by atoms with Crippen LogP contribution in [0.3, 0.4) is 0 Å². The van der Waals surface area contributed by atoms with Crippen LogP contribution in [0.2, 0.25) is 0 Å². The molecule has 0 saturated heterocycles. The molecule has 0 amide bonds. The van der Waals surface area contributed by atoms with Crippen LogP contribution in [0.15, 0.2) is 72.8 Å². The first-order valence-electron chi connectivity index (χ1n) is 11.4. The van der Waals surface area contributed by atoms with Gasteiger partial charge in [0.25, 0.3) is 0 Å². The first kappa shape index (κ1) is 19.2. The fourth-order valence-corrected chi connectivity index (χ4v) is 5.44. The summed E-state index contributed by atoms with van der Waals surface area (Å²) in [5.41, 5.74) is 7.22. The lowest BCUT2D eigenvalue weighted by Crippen LogP contribution is -2.17. The largest absolute Gasteiger partial charge is 0.0909 e. The Kier molecular flexibility index (Phi) is 6.47. The first-order chi connectivity index (χ1) is 13.8. The molecule has 0 radical (unpaired) electrons. The zero-order valence-corrected chi connectivity index (χ0v) is 17.2. The van der Waals surface area contributed by atoms with Gasteiger partial charge in [-0.15, -0.1) is 0 Å². The molecule has 0 heterocycles. The van der Waals surface area contributed by atoms with Crippen LogP contribution in [0.1, 0.15) is 75.3 Å². The highest BCUT2D eigenvalue weighted by molar-refractivity contribution is 5.89. The molecular formula is C28H34. The molecule has 2 aliphatic carbocycles. The van der Waals surface area contributed by atoms with Crippen molar-refractivity contribution in [3.63, 3.8) is 0 Å². The van der Waals surface area contributed by atoms with E-state index in [2.05, 4.69) is 67.2 Å². The van der Waals surface area contributed by atoms with Gasteiger partial charge in [-0.05, 0) is 65.4 Å². The number of benzene rings is 2. The van der Waals surface area contributed by atoms with Crippen molar-refractivity contribution >= 4 is 11.1 Å². The van der Waals surface area contributed by atoms with Gasteiger partial charge in [-0.2, -0.15) is 0 Å². The Morgan fingerprint density at radius 2 is 1.04 bits per heavy atom. The molecule has 0 atom stereocenters. The standard InChI is InChI=1S/C28H34/c1-22(23-14-6-2-7-15-23)27(24-16-8-3-9-17-24)28(25-18-10-4-11-19-25)26-20-12-5-13-21-26/h2,4,6-7,10-11,14-15,18-19,24,26H,1,3,5,8-9,12-13,16-17,20-21H2/b28-27-. The second kappa shape index (κ2) is 9.41. The van der Waals surface area contributed by atoms with Crippen molar-refractivity contribution in [1.29, 1.82) is 0 Å². The molecule has 2 fully saturated rings. The Morgan fingerprint density at radius 1 is 0.571 bits per heavy atom. The maximum Gasteiger partial charge on any atom is -0.0153 e. The normalized spacial score (nSPS) is 19.9. The summed E-state index contributed by atoms with van der Waals surface area (Å²) in [6.45, 7) is 4.68. The molecule has 0 heteroatoms. The van der Waals surface area contributed by atoms with Gasteiger partial charge in [0, 0.05) is 0 Å². The number of hydrogen-bond acceptors (Lipinski definition) is 0.